The van der Waals surface area contributed by atoms with Crippen molar-refractivity contribution in [1.29, 1.82) is 0 Å². The van der Waals surface area contributed by atoms with Crippen molar-refractivity contribution in [2.45, 2.75) is 32.7 Å². The van der Waals surface area contributed by atoms with Gasteiger partial charge >= 0.3 is 0 Å². The lowest BCUT2D eigenvalue weighted by molar-refractivity contribution is -0.121. The molecule has 0 aliphatic rings. The van der Waals surface area contributed by atoms with Gasteiger partial charge in [-0.15, -0.1) is 0 Å². The number of nitrogens with zero attached hydrogens (tertiary/aromatic N) is 1. The van der Waals surface area contributed by atoms with Gasteiger partial charge in [0.15, 0.2) is 5.78 Å². The van der Waals surface area contributed by atoms with Crippen molar-refractivity contribution in [2.75, 3.05) is 14.1 Å². The van der Waals surface area contributed by atoms with Gasteiger partial charge in [0.1, 0.15) is 0 Å². The van der Waals surface area contributed by atoms with Gasteiger partial charge in [-0.25, -0.2) is 0 Å². The average Bonchev–Trinajstić information content (AvgIpc) is 2.20. The molecule has 2 heteroatoms. The molecule has 16 heavy (non-hydrogen) atoms. The van der Waals surface area contributed by atoms with Crippen LogP contribution in [0.15, 0.2) is 24.3 Å². The first-order valence-electron chi connectivity index (χ1n) is 5.82. The highest BCUT2D eigenvalue weighted by Crippen LogP contribution is 2.20. The molecule has 0 fully saturated rings. The molecule has 0 bridgehead atoms. The molecule has 0 N–H and O–H groups in total. The van der Waals surface area contributed by atoms with Gasteiger partial charge in [-0.2, -0.15) is 0 Å². The largest absolute Gasteiger partial charge is 0.298 e. The minimum atomic E-state index is -0.115. The minimum Gasteiger partial charge on any atom is -0.298 e. The first kappa shape index (κ1) is 12.9. The number of ketones is 1. The molecule has 88 valence electrons. The van der Waals surface area contributed by atoms with Gasteiger partial charge in [0.25, 0.3) is 0 Å². The standard InChI is InChI=1S/C14H21NO/c1-5-6-12-7-9-13(10-8-12)14(11(2)16)15(3)4/h7-10,14H,5-6H2,1-4H3. The average molecular weight is 219 g/mol. The first-order valence-corrected chi connectivity index (χ1v) is 5.82. The van der Waals surface area contributed by atoms with E-state index in [1.165, 1.54) is 5.56 Å². The highest BCUT2D eigenvalue weighted by Gasteiger charge is 2.18. The van der Waals surface area contributed by atoms with Crippen molar-refractivity contribution in [2.24, 2.45) is 0 Å². The van der Waals surface area contributed by atoms with Gasteiger partial charge < -0.3 is 0 Å². The normalized spacial score (nSPS) is 12.8. The maximum absolute atomic E-state index is 11.6. The topological polar surface area (TPSA) is 20.3 Å². The van der Waals surface area contributed by atoms with E-state index in [2.05, 4.69) is 31.2 Å². The highest BCUT2D eigenvalue weighted by molar-refractivity contribution is 5.82. The van der Waals surface area contributed by atoms with Crippen LogP contribution in [0.4, 0.5) is 0 Å². The van der Waals surface area contributed by atoms with Gasteiger partial charge in [0.2, 0.25) is 0 Å². The molecule has 0 aliphatic heterocycles. The Hall–Kier alpha value is -1.15. The summed E-state index contributed by atoms with van der Waals surface area (Å²) in [6.07, 6.45) is 2.26. The molecule has 1 unspecified atom stereocenters. The Morgan fingerprint density at radius 3 is 2.19 bits per heavy atom. The van der Waals surface area contributed by atoms with Gasteiger partial charge in [0.05, 0.1) is 6.04 Å². The number of rotatable bonds is 5. The van der Waals surface area contributed by atoms with E-state index in [9.17, 15) is 4.79 Å². The Kier molecular flexibility index (Phi) is 4.69. The summed E-state index contributed by atoms with van der Waals surface area (Å²) in [6, 6.07) is 8.26. The molecule has 0 aliphatic carbocycles. The molecule has 1 atom stereocenters. The van der Waals surface area contributed by atoms with E-state index in [0.29, 0.717) is 0 Å². The van der Waals surface area contributed by atoms with E-state index < -0.39 is 0 Å². The number of Topliss-reactive ketones (excluding diaryl/α,β-unsaturated/α-hetero) is 1. The lowest BCUT2D eigenvalue weighted by Crippen LogP contribution is -2.25. The summed E-state index contributed by atoms with van der Waals surface area (Å²) in [5.74, 6) is 0.188. The number of carbonyl (C=O) groups is 1. The number of aryl methyl sites for hydroxylation is 1. The quantitative estimate of drug-likeness (QED) is 0.759. The van der Waals surface area contributed by atoms with Crippen LogP contribution < -0.4 is 0 Å². The van der Waals surface area contributed by atoms with Gasteiger partial charge in [-0.05, 0) is 38.6 Å². The van der Waals surface area contributed by atoms with Crippen LogP contribution in [0, 0.1) is 0 Å². The summed E-state index contributed by atoms with van der Waals surface area (Å²) in [4.78, 5) is 13.5. The molecule has 0 saturated heterocycles. The molecule has 2 nitrogen and oxygen atoms in total. The van der Waals surface area contributed by atoms with Crippen molar-refractivity contribution in [3.63, 3.8) is 0 Å². The number of likely N-dealkylation sites (N-methyl/N-ethyl adjacent to an activating group) is 1. The van der Waals surface area contributed by atoms with Crippen molar-refractivity contribution in [1.82, 2.24) is 4.90 Å². The van der Waals surface area contributed by atoms with Crippen LogP contribution >= 0.6 is 0 Å². The summed E-state index contributed by atoms with van der Waals surface area (Å²) in [5, 5.41) is 0. The van der Waals surface area contributed by atoms with Gasteiger partial charge in [0, 0.05) is 0 Å². The van der Waals surface area contributed by atoms with Crippen LogP contribution in [-0.4, -0.2) is 24.8 Å². The predicted octanol–water partition coefficient (Wildman–Crippen LogP) is 2.83. The van der Waals surface area contributed by atoms with E-state index in [1.54, 1.807) is 6.92 Å². The fourth-order valence-electron chi connectivity index (χ4n) is 2.05. The Balaban J connectivity index is 2.90. The minimum absolute atomic E-state index is 0.115. The smallest absolute Gasteiger partial charge is 0.151 e. The molecular weight excluding hydrogens is 198 g/mol. The third-order valence-electron chi connectivity index (χ3n) is 2.74. The molecule has 0 saturated carbocycles. The van der Waals surface area contributed by atoms with Crippen molar-refractivity contribution in [3.05, 3.63) is 35.4 Å². The van der Waals surface area contributed by atoms with Crippen molar-refractivity contribution < 1.29 is 4.79 Å². The second-order valence-electron chi connectivity index (χ2n) is 4.47. The molecule has 1 rings (SSSR count). The fourth-order valence-corrected chi connectivity index (χ4v) is 2.05. The summed E-state index contributed by atoms with van der Waals surface area (Å²) >= 11 is 0. The van der Waals surface area contributed by atoms with E-state index in [4.69, 9.17) is 0 Å². The van der Waals surface area contributed by atoms with Crippen molar-refractivity contribution in [3.8, 4) is 0 Å². The number of hydrogen-bond acceptors (Lipinski definition) is 2. The molecular formula is C14H21NO. The zero-order chi connectivity index (χ0) is 12.1. The van der Waals surface area contributed by atoms with Gasteiger partial charge in [-0.1, -0.05) is 37.6 Å². The molecule has 0 amide bonds. The molecule has 1 aromatic rings. The second kappa shape index (κ2) is 5.80. The maximum Gasteiger partial charge on any atom is 0.151 e. The monoisotopic (exact) mass is 219 g/mol. The molecule has 0 radical (unpaired) electrons. The highest BCUT2D eigenvalue weighted by atomic mass is 16.1. The number of benzene rings is 1. The van der Waals surface area contributed by atoms with Crippen molar-refractivity contribution >= 4 is 5.78 Å². The third kappa shape index (κ3) is 3.17. The van der Waals surface area contributed by atoms with E-state index in [1.807, 2.05) is 19.0 Å². The number of carbonyl (C=O) groups excluding carboxylic acids is 1. The summed E-state index contributed by atoms with van der Waals surface area (Å²) < 4.78 is 0. The zero-order valence-corrected chi connectivity index (χ0v) is 10.7. The van der Waals surface area contributed by atoms with Crippen LogP contribution in [0.1, 0.15) is 37.4 Å². The predicted molar refractivity (Wildman–Crippen MR) is 67.5 cm³/mol. The number of hydrogen-bond donors (Lipinski definition) is 0. The Labute approximate surface area is 98.3 Å². The van der Waals surface area contributed by atoms with Gasteiger partial charge in [-0.3, -0.25) is 9.69 Å². The van der Waals surface area contributed by atoms with Crippen LogP contribution in [0.2, 0.25) is 0 Å². The van der Waals surface area contributed by atoms with E-state index in [-0.39, 0.29) is 11.8 Å². The van der Waals surface area contributed by atoms with Crippen LogP contribution in [0.5, 0.6) is 0 Å². The fraction of sp³-hybridized carbons (Fsp3) is 0.500. The Bertz CT molecular complexity index is 340. The molecule has 0 aromatic heterocycles. The zero-order valence-electron chi connectivity index (χ0n) is 10.7. The SMILES string of the molecule is CCCc1ccc(C(C(C)=O)N(C)C)cc1. The first-order chi connectivity index (χ1) is 7.56. The van der Waals surface area contributed by atoms with E-state index in [0.717, 1.165) is 18.4 Å². The third-order valence-corrected chi connectivity index (χ3v) is 2.74. The Morgan fingerprint density at radius 2 is 1.81 bits per heavy atom. The molecule has 0 heterocycles. The molecule has 0 spiro atoms. The summed E-state index contributed by atoms with van der Waals surface area (Å²) in [5.41, 5.74) is 2.42. The Morgan fingerprint density at radius 1 is 1.25 bits per heavy atom. The molecule has 1 aromatic carbocycles. The summed E-state index contributed by atoms with van der Waals surface area (Å²) in [6.45, 7) is 3.82. The van der Waals surface area contributed by atoms with E-state index >= 15 is 0 Å². The summed E-state index contributed by atoms with van der Waals surface area (Å²) in [7, 11) is 3.87. The maximum atomic E-state index is 11.6. The lowest BCUT2D eigenvalue weighted by Gasteiger charge is -2.22. The lowest BCUT2D eigenvalue weighted by atomic mass is 10.00. The van der Waals surface area contributed by atoms with Crippen LogP contribution in [0.3, 0.4) is 0 Å². The second-order valence-corrected chi connectivity index (χ2v) is 4.47. The van der Waals surface area contributed by atoms with Crippen LogP contribution in [-0.2, 0) is 11.2 Å². The van der Waals surface area contributed by atoms with Crippen LogP contribution in [0.25, 0.3) is 0 Å².